The Hall–Kier alpha value is 0.310. The molecule has 0 spiro atoms. The van der Waals surface area contributed by atoms with Gasteiger partial charge in [-0.15, -0.1) is 11.8 Å². The zero-order valence-corrected chi connectivity index (χ0v) is 8.91. The first-order valence-electron chi connectivity index (χ1n) is 5.13. The minimum absolute atomic E-state index is 0.418. The number of hydrogen-bond acceptors (Lipinski definition) is 2. The van der Waals surface area contributed by atoms with E-state index in [9.17, 15) is 0 Å². The van der Waals surface area contributed by atoms with Crippen molar-refractivity contribution >= 4 is 11.8 Å². The van der Waals surface area contributed by atoms with E-state index in [0.29, 0.717) is 4.87 Å². The van der Waals surface area contributed by atoms with E-state index in [1.807, 2.05) is 0 Å². The highest BCUT2D eigenvalue weighted by atomic mass is 32.2. The van der Waals surface area contributed by atoms with Gasteiger partial charge < -0.3 is 0 Å². The van der Waals surface area contributed by atoms with E-state index in [0.717, 1.165) is 12.0 Å². The van der Waals surface area contributed by atoms with Crippen LogP contribution in [0.4, 0.5) is 0 Å². The van der Waals surface area contributed by atoms with Crippen LogP contribution in [0.25, 0.3) is 0 Å². The van der Waals surface area contributed by atoms with E-state index in [-0.39, 0.29) is 0 Å². The molecule has 0 amide bonds. The fraction of sp³-hybridized carbons (Fsp3) is 1.00. The van der Waals surface area contributed by atoms with Gasteiger partial charge in [0.25, 0.3) is 0 Å². The minimum Gasteiger partial charge on any atom is -0.299 e. The maximum atomic E-state index is 3.75. The van der Waals surface area contributed by atoms with Gasteiger partial charge in [0.2, 0.25) is 0 Å². The van der Waals surface area contributed by atoms with Crippen LogP contribution in [-0.2, 0) is 0 Å². The molecule has 2 rings (SSSR count). The van der Waals surface area contributed by atoms with E-state index in [2.05, 4.69) is 30.9 Å². The fourth-order valence-corrected chi connectivity index (χ4v) is 3.50. The minimum atomic E-state index is 0.418. The smallest absolute Gasteiger partial charge is 0.0622 e. The SMILES string of the molecule is CCC1CSC(C)(CC2CC2)N1. The number of thioether (sulfide) groups is 1. The van der Waals surface area contributed by atoms with Crippen molar-refractivity contribution in [2.75, 3.05) is 5.75 Å². The summed E-state index contributed by atoms with van der Waals surface area (Å²) in [7, 11) is 0. The van der Waals surface area contributed by atoms with Crippen LogP contribution in [0, 0.1) is 5.92 Å². The molecule has 1 aliphatic carbocycles. The summed E-state index contributed by atoms with van der Waals surface area (Å²) >= 11 is 2.13. The van der Waals surface area contributed by atoms with Crippen molar-refractivity contribution in [2.45, 2.75) is 50.4 Å². The van der Waals surface area contributed by atoms with E-state index < -0.39 is 0 Å². The van der Waals surface area contributed by atoms with Gasteiger partial charge >= 0.3 is 0 Å². The lowest BCUT2D eigenvalue weighted by Gasteiger charge is -2.24. The highest BCUT2D eigenvalue weighted by molar-refractivity contribution is 8.00. The Morgan fingerprint density at radius 3 is 2.75 bits per heavy atom. The molecule has 1 aliphatic heterocycles. The summed E-state index contributed by atoms with van der Waals surface area (Å²) in [5, 5.41) is 3.75. The van der Waals surface area contributed by atoms with Crippen LogP contribution in [0.5, 0.6) is 0 Å². The summed E-state index contributed by atoms with van der Waals surface area (Å²) in [4.78, 5) is 0.418. The molecule has 0 aromatic heterocycles. The zero-order chi connectivity index (χ0) is 8.60. The quantitative estimate of drug-likeness (QED) is 0.725. The second-order valence-electron chi connectivity index (χ2n) is 4.44. The Balaban J connectivity index is 1.85. The summed E-state index contributed by atoms with van der Waals surface area (Å²) in [6.45, 7) is 4.66. The lowest BCUT2D eigenvalue weighted by molar-refractivity contribution is 0.417. The van der Waals surface area contributed by atoms with Gasteiger partial charge in [-0.25, -0.2) is 0 Å². The van der Waals surface area contributed by atoms with Crippen LogP contribution in [0.15, 0.2) is 0 Å². The van der Waals surface area contributed by atoms with Crippen LogP contribution < -0.4 is 5.32 Å². The first-order valence-corrected chi connectivity index (χ1v) is 6.12. The van der Waals surface area contributed by atoms with Gasteiger partial charge in [0.15, 0.2) is 0 Å². The average Bonchev–Trinajstić information content (AvgIpc) is 2.74. The van der Waals surface area contributed by atoms with Gasteiger partial charge in [-0.3, -0.25) is 5.32 Å². The van der Waals surface area contributed by atoms with E-state index in [1.54, 1.807) is 0 Å². The molecule has 2 fully saturated rings. The summed E-state index contributed by atoms with van der Waals surface area (Å²) in [6.07, 6.45) is 5.64. The van der Waals surface area contributed by atoms with Gasteiger partial charge in [-0.1, -0.05) is 19.8 Å². The first kappa shape index (κ1) is 8.89. The molecule has 12 heavy (non-hydrogen) atoms. The van der Waals surface area contributed by atoms with E-state index in [4.69, 9.17) is 0 Å². The average molecular weight is 185 g/mol. The Morgan fingerprint density at radius 2 is 2.25 bits per heavy atom. The lowest BCUT2D eigenvalue weighted by Crippen LogP contribution is -2.39. The molecule has 1 saturated carbocycles. The molecule has 2 aliphatic rings. The van der Waals surface area contributed by atoms with E-state index >= 15 is 0 Å². The van der Waals surface area contributed by atoms with Crippen molar-refractivity contribution in [3.63, 3.8) is 0 Å². The lowest BCUT2D eigenvalue weighted by atomic mass is 10.1. The molecule has 1 saturated heterocycles. The normalized spacial score (nSPS) is 42.0. The molecule has 1 N–H and O–H groups in total. The molecule has 70 valence electrons. The Kier molecular flexibility index (Phi) is 2.39. The topological polar surface area (TPSA) is 12.0 Å². The van der Waals surface area contributed by atoms with Crippen molar-refractivity contribution in [3.8, 4) is 0 Å². The number of rotatable bonds is 3. The fourth-order valence-electron chi connectivity index (χ4n) is 2.01. The second kappa shape index (κ2) is 3.22. The van der Waals surface area contributed by atoms with Crippen LogP contribution in [0.3, 0.4) is 0 Å². The molecule has 1 nitrogen and oxygen atoms in total. The van der Waals surface area contributed by atoms with Crippen LogP contribution in [-0.4, -0.2) is 16.7 Å². The monoisotopic (exact) mass is 185 g/mol. The standard InChI is InChI=1S/C10H19NS/c1-3-9-7-12-10(2,11-9)6-8-4-5-8/h8-9,11H,3-7H2,1-2H3. The maximum absolute atomic E-state index is 3.75. The van der Waals surface area contributed by atoms with Crippen molar-refractivity contribution < 1.29 is 0 Å². The zero-order valence-electron chi connectivity index (χ0n) is 8.10. The molecule has 0 aromatic carbocycles. The number of hydrogen-bond donors (Lipinski definition) is 1. The predicted molar refractivity (Wildman–Crippen MR) is 55.4 cm³/mol. The highest BCUT2D eigenvalue weighted by Gasteiger charge is 2.38. The molecule has 2 unspecified atom stereocenters. The van der Waals surface area contributed by atoms with E-state index in [1.165, 1.54) is 31.4 Å². The second-order valence-corrected chi connectivity index (χ2v) is 5.96. The van der Waals surface area contributed by atoms with Gasteiger partial charge in [0.05, 0.1) is 4.87 Å². The van der Waals surface area contributed by atoms with Crippen molar-refractivity contribution in [2.24, 2.45) is 5.92 Å². The molecule has 0 radical (unpaired) electrons. The molecular weight excluding hydrogens is 166 g/mol. The van der Waals surface area contributed by atoms with Crippen molar-refractivity contribution in [1.29, 1.82) is 0 Å². The molecule has 1 heterocycles. The molecular formula is C10H19NS. The molecule has 2 atom stereocenters. The van der Waals surface area contributed by atoms with Gasteiger partial charge in [-0.2, -0.15) is 0 Å². The Morgan fingerprint density at radius 1 is 1.50 bits per heavy atom. The first-order chi connectivity index (χ1) is 5.72. The Bertz CT molecular complexity index is 167. The van der Waals surface area contributed by atoms with Crippen molar-refractivity contribution in [3.05, 3.63) is 0 Å². The maximum Gasteiger partial charge on any atom is 0.0622 e. The third kappa shape index (κ3) is 1.97. The summed E-state index contributed by atoms with van der Waals surface area (Å²) in [6, 6.07) is 0.777. The molecule has 2 heteroatoms. The van der Waals surface area contributed by atoms with Crippen LogP contribution in [0.1, 0.15) is 39.5 Å². The van der Waals surface area contributed by atoms with Crippen LogP contribution in [0.2, 0.25) is 0 Å². The van der Waals surface area contributed by atoms with Gasteiger partial charge in [0, 0.05) is 11.8 Å². The van der Waals surface area contributed by atoms with Gasteiger partial charge in [-0.05, 0) is 25.7 Å². The molecule has 0 aromatic rings. The van der Waals surface area contributed by atoms with Crippen molar-refractivity contribution in [1.82, 2.24) is 5.32 Å². The third-order valence-corrected chi connectivity index (χ3v) is 4.47. The molecule has 0 bridgehead atoms. The van der Waals surface area contributed by atoms with Gasteiger partial charge in [0.1, 0.15) is 0 Å². The largest absolute Gasteiger partial charge is 0.299 e. The Labute approximate surface area is 79.7 Å². The third-order valence-electron chi connectivity index (χ3n) is 2.98. The summed E-state index contributed by atoms with van der Waals surface area (Å²) in [5.74, 6) is 2.37. The highest BCUT2D eigenvalue weighted by Crippen LogP contribution is 2.43. The van der Waals surface area contributed by atoms with Crippen LogP contribution >= 0.6 is 11.8 Å². The summed E-state index contributed by atoms with van der Waals surface area (Å²) < 4.78 is 0. The summed E-state index contributed by atoms with van der Waals surface area (Å²) in [5.41, 5.74) is 0. The predicted octanol–water partition coefficient (Wildman–Crippen LogP) is 2.62. The number of nitrogens with one attached hydrogen (secondary N) is 1.